The molecule has 184 valence electrons. The van der Waals surface area contributed by atoms with Gasteiger partial charge in [-0.2, -0.15) is 0 Å². The first kappa shape index (κ1) is 24.2. The Morgan fingerprint density at radius 1 is 0.943 bits per heavy atom. The number of nitrogens with one attached hydrogen (secondary N) is 1. The lowest BCUT2D eigenvalue weighted by molar-refractivity contribution is 0.0963. The maximum Gasteiger partial charge on any atom is 0.255 e. The molecule has 4 aromatic rings. The van der Waals surface area contributed by atoms with Gasteiger partial charge in [0, 0.05) is 38.8 Å². The van der Waals surface area contributed by atoms with Crippen molar-refractivity contribution in [1.29, 1.82) is 0 Å². The summed E-state index contributed by atoms with van der Waals surface area (Å²) in [4.78, 5) is 20.9. The van der Waals surface area contributed by atoms with E-state index in [0.717, 1.165) is 0 Å². The maximum absolute atomic E-state index is 12.2. The molecular weight excluding hydrogens is 454 g/mol. The summed E-state index contributed by atoms with van der Waals surface area (Å²) in [5, 5.41) is 3.98. The Hall–Kier alpha value is -3.89. The molecule has 0 atom stereocenters. The number of ether oxygens (including phenoxy) is 5. The van der Waals surface area contributed by atoms with E-state index >= 15 is 0 Å². The number of hydrogen-bond donors (Lipinski definition) is 1. The lowest BCUT2D eigenvalue weighted by atomic mass is 10.1. The Morgan fingerprint density at radius 3 is 2.34 bits per heavy atom. The zero-order valence-electron chi connectivity index (χ0n) is 20.0. The third-order valence-electron chi connectivity index (χ3n) is 5.26. The number of aromatic nitrogens is 2. The number of rotatable bonds is 11. The molecule has 10 nitrogen and oxygen atoms in total. The average Bonchev–Trinajstić information content (AvgIpc) is 3.19. The fraction of sp³-hybridized carbons (Fsp3) is 0.320. The standard InChI is InChI=1S/C25H27N3O7/c1-15-23(24(29)26-2)17-6-5-16(11-20(17)34-15)35-25-18-12-21(32-9-7-30-3)22(33-10-8-31-4)13-19(18)27-14-28-25/h5-6,11-14H,7-10H2,1-4H3,(H,26,29). The first-order valence-electron chi connectivity index (χ1n) is 11.0. The van der Waals surface area contributed by atoms with Crippen molar-refractivity contribution < 1.29 is 32.9 Å². The zero-order chi connectivity index (χ0) is 24.8. The highest BCUT2D eigenvalue weighted by atomic mass is 16.5. The van der Waals surface area contributed by atoms with Gasteiger partial charge in [-0.05, 0) is 25.1 Å². The molecule has 0 aliphatic carbocycles. The summed E-state index contributed by atoms with van der Waals surface area (Å²) in [5.41, 5.74) is 1.66. The van der Waals surface area contributed by atoms with Crippen LogP contribution in [-0.2, 0) is 9.47 Å². The van der Waals surface area contributed by atoms with Crippen LogP contribution in [0.1, 0.15) is 16.1 Å². The van der Waals surface area contributed by atoms with E-state index in [-0.39, 0.29) is 5.91 Å². The normalized spacial score (nSPS) is 11.1. The molecule has 0 saturated carbocycles. The summed E-state index contributed by atoms with van der Waals surface area (Å²) in [7, 11) is 4.80. The third kappa shape index (κ3) is 5.28. The smallest absolute Gasteiger partial charge is 0.255 e. The zero-order valence-corrected chi connectivity index (χ0v) is 20.0. The summed E-state index contributed by atoms with van der Waals surface area (Å²) >= 11 is 0. The van der Waals surface area contributed by atoms with E-state index in [1.54, 1.807) is 58.5 Å². The van der Waals surface area contributed by atoms with E-state index in [0.29, 0.717) is 82.8 Å². The van der Waals surface area contributed by atoms with Crippen molar-refractivity contribution >= 4 is 27.8 Å². The molecule has 1 amide bonds. The van der Waals surface area contributed by atoms with Crippen LogP contribution in [0.5, 0.6) is 23.1 Å². The number of methoxy groups -OCH3 is 2. The number of benzene rings is 2. The molecule has 0 radical (unpaired) electrons. The summed E-state index contributed by atoms with van der Waals surface area (Å²) in [6.45, 7) is 3.31. The van der Waals surface area contributed by atoms with Crippen molar-refractivity contribution in [1.82, 2.24) is 15.3 Å². The van der Waals surface area contributed by atoms with Crippen molar-refractivity contribution in [3.05, 3.63) is 48.0 Å². The van der Waals surface area contributed by atoms with E-state index in [1.807, 2.05) is 0 Å². The van der Waals surface area contributed by atoms with Gasteiger partial charge in [-0.25, -0.2) is 9.97 Å². The van der Waals surface area contributed by atoms with Crippen LogP contribution in [-0.4, -0.2) is 63.6 Å². The highest BCUT2D eigenvalue weighted by molar-refractivity contribution is 6.07. The Labute approximate surface area is 202 Å². The second kappa shape index (κ2) is 11.0. The molecule has 0 fully saturated rings. The largest absolute Gasteiger partial charge is 0.487 e. The molecule has 2 heterocycles. The van der Waals surface area contributed by atoms with E-state index in [4.69, 9.17) is 28.1 Å². The highest BCUT2D eigenvalue weighted by Crippen LogP contribution is 2.37. The van der Waals surface area contributed by atoms with Crippen molar-refractivity contribution in [3.63, 3.8) is 0 Å². The minimum atomic E-state index is -0.207. The van der Waals surface area contributed by atoms with E-state index in [1.165, 1.54) is 6.33 Å². The number of carbonyl (C=O) groups is 1. The molecule has 0 bridgehead atoms. The Balaban J connectivity index is 1.68. The van der Waals surface area contributed by atoms with Gasteiger partial charge >= 0.3 is 0 Å². The molecule has 4 rings (SSSR count). The molecule has 0 saturated heterocycles. The predicted molar refractivity (Wildman–Crippen MR) is 129 cm³/mol. The van der Waals surface area contributed by atoms with Crippen LogP contribution in [0, 0.1) is 6.92 Å². The average molecular weight is 482 g/mol. The lowest BCUT2D eigenvalue weighted by Crippen LogP contribution is -2.18. The van der Waals surface area contributed by atoms with Gasteiger partial charge in [0.1, 0.15) is 36.6 Å². The first-order chi connectivity index (χ1) is 17.0. The molecule has 0 aliphatic rings. The Morgan fingerprint density at radius 2 is 1.66 bits per heavy atom. The molecule has 0 unspecified atom stereocenters. The van der Waals surface area contributed by atoms with Gasteiger partial charge in [0.2, 0.25) is 5.88 Å². The van der Waals surface area contributed by atoms with Gasteiger partial charge in [0.15, 0.2) is 11.5 Å². The van der Waals surface area contributed by atoms with Gasteiger partial charge in [0.05, 0.1) is 29.7 Å². The summed E-state index contributed by atoms with van der Waals surface area (Å²) in [6, 6.07) is 8.82. The summed E-state index contributed by atoms with van der Waals surface area (Å²) < 4.78 is 33.8. The van der Waals surface area contributed by atoms with Gasteiger partial charge in [-0.1, -0.05) is 0 Å². The molecule has 35 heavy (non-hydrogen) atoms. The Bertz CT molecular complexity index is 1340. The van der Waals surface area contributed by atoms with Gasteiger partial charge in [-0.15, -0.1) is 0 Å². The fourth-order valence-electron chi connectivity index (χ4n) is 3.60. The van der Waals surface area contributed by atoms with Crippen molar-refractivity contribution in [2.75, 3.05) is 47.7 Å². The Kier molecular flexibility index (Phi) is 7.64. The molecule has 0 spiro atoms. The van der Waals surface area contributed by atoms with Crippen molar-refractivity contribution in [2.45, 2.75) is 6.92 Å². The summed E-state index contributed by atoms with van der Waals surface area (Å²) in [5.74, 6) is 2.20. The molecule has 2 aromatic carbocycles. The molecule has 0 aliphatic heterocycles. The van der Waals surface area contributed by atoms with Crippen LogP contribution in [0.3, 0.4) is 0 Å². The van der Waals surface area contributed by atoms with Gasteiger partial charge in [0.25, 0.3) is 5.91 Å². The number of hydrogen-bond acceptors (Lipinski definition) is 9. The van der Waals surface area contributed by atoms with Crippen LogP contribution in [0.25, 0.3) is 21.9 Å². The third-order valence-corrected chi connectivity index (χ3v) is 5.26. The second-order valence-corrected chi connectivity index (χ2v) is 7.55. The minimum absolute atomic E-state index is 0.207. The van der Waals surface area contributed by atoms with Crippen LogP contribution in [0.15, 0.2) is 41.1 Å². The topological polar surface area (TPSA) is 114 Å². The molecular formula is C25H27N3O7. The molecule has 2 aromatic heterocycles. The minimum Gasteiger partial charge on any atom is -0.487 e. The molecule has 10 heteroatoms. The highest BCUT2D eigenvalue weighted by Gasteiger charge is 2.19. The monoisotopic (exact) mass is 481 g/mol. The van der Waals surface area contributed by atoms with Crippen LogP contribution in [0.2, 0.25) is 0 Å². The number of fused-ring (bicyclic) bond motifs is 2. The van der Waals surface area contributed by atoms with Gasteiger partial charge in [-0.3, -0.25) is 4.79 Å². The van der Waals surface area contributed by atoms with E-state index in [2.05, 4.69) is 15.3 Å². The van der Waals surface area contributed by atoms with E-state index in [9.17, 15) is 4.79 Å². The maximum atomic E-state index is 12.2. The quantitative estimate of drug-likeness (QED) is 0.319. The number of nitrogens with zero attached hydrogens (tertiary/aromatic N) is 2. The predicted octanol–water partition coefficient (Wildman–Crippen LogP) is 3.89. The lowest BCUT2D eigenvalue weighted by Gasteiger charge is -2.15. The number of carbonyl (C=O) groups excluding carboxylic acids is 1. The van der Waals surface area contributed by atoms with Crippen LogP contribution >= 0.6 is 0 Å². The summed E-state index contributed by atoms with van der Waals surface area (Å²) in [6.07, 6.45) is 1.42. The number of furan rings is 1. The van der Waals surface area contributed by atoms with Gasteiger partial charge < -0.3 is 33.4 Å². The van der Waals surface area contributed by atoms with Crippen molar-refractivity contribution in [3.8, 4) is 23.1 Å². The number of aryl methyl sites for hydroxylation is 1. The first-order valence-corrected chi connectivity index (χ1v) is 11.0. The van der Waals surface area contributed by atoms with Crippen LogP contribution < -0.4 is 19.5 Å². The van der Waals surface area contributed by atoms with Crippen molar-refractivity contribution in [2.24, 2.45) is 0 Å². The van der Waals surface area contributed by atoms with Crippen LogP contribution in [0.4, 0.5) is 0 Å². The SMILES string of the molecule is CNC(=O)c1c(C)oc2cc(Oc3ncnc4cc(OCCOC)c(OCCOC)cc34)ccc12. The van der Waals surface area contributed by atoms with E-state index < -0.39 is 0 Å². The fourth-order valence-corrected chi connectivity index (χ4v) is 3.60. The number of amides is 1. The second-order valence-electron chi connectivity index (χ2n) is 7.55. The molecule has 1 N–H and O–H groups in total.